The third kappa shape index (κ3) is 2.19. The average molecular weight is 366 g/mol. The Kier molecular flexibility index (Phi) is 3.74. The summed E-state index contributed by atoms with van der Waals surface area (Å²) < 4.78 is 20.5. The minimum Gasteiger partial charge on any atom is -0.484 e. The Bertz CT molecular complexity index is 742. The number of hydrogen-bond acceptors (Lipinski definition) is 5. The summed E-state index contributed by atoms with van der Waals surface area (Å²) in [6, 6.07) is 0.351. The molecule has 26 heavy (non-hydrogen) atoms. The van der Waals surface area contributed by atoms with Gasteiger partial charge in [0.25, 0.3) is 5.85 Å². The zero-order valence-corrected chi connectivity index (χ0v) is 14.4. The second-order valence-electron chi connectivity index (χ2n) is 7.72. The first-order valence-corrected chi connectivity index (χ1v) is 8.76. The minimum atomic E-state index is -2.44. The molecule has 6 atom stereocenters. The Morgan fingerprint density at radius 1 is 1.46 bits per heavy atom. The molecule has 1 spiro atoms. The van der Waals surface area contributed by atoms with Crippen LogP contribution >= 0.6 is 0 Å². The molecule has 0 aromatic carbocycles. The number of carbonyl (C=O) groups is 1. The predicted octanol–water partition coefficient (Wildman–Crippen LogP) is 0.892. The van der Waals surface area contributed by atoms with Crippen molar-refractivity contribution in [1.29, 1.82) is 0 Å². The number of carboxylic acid groups (broad SMARTS) is 1. The van der Waals surface area contributed by atoms with E-state index in [1.54, 1.807) is 6.08 Å². The molecule has 5 N–H and O–H groups in total. The molecule has 1 saturated carbocycles. The number of alkyl halides is 1. The van der Waals surface area contributed by atoms with Gasteiger partial charge in [-0.25, -0.2) is 9.18 Å². The maximum Gasteiger partial charge on any atom is 0.402 e. The van der Waals surface area contributed by atoms with Crippen LogP contribution in [0.25, 0.3) is 0 Å². The largest absolute Gasteiger partial charge is 0.484 e. The average Bonchev–Trinajstić information content (AvgIpc) is 2.90. The quantitative estimate of drug-likeness (QED) is 0.473. The van der Waals surface area contributed by atoms with Crippen molar-refractivity contribution in [3.63, 3.8) is 0 Å². The molecule has 0 radical (unpaired) electrons. The minimum absolute atomic E-state index is 0.0609. The lowest BCUT2D eigenvalue weighted by Gasteiger charge is -2.58. The number of rotatable bonds is 0. The van der Waals surface area contributed by atoms with Gasteiger partial charge in [0.05, 0.1) is 0 Å². The molecule has 0 aromatic rings. The highest BCUT2D eigenvalue weighted by Crippen LogP contribution is 2.65. The lowest BCUT2D eigenvalue weighted by Crippen LogP contribution is -2.62. The molecule has 142 valence electrons. The monoisotopic (exact) mass is 366 g/mol. The van der Waals surface area contributed by atoms with Crippen molar-refractivity contribution in [2.24, 2.45) is 17.1 Å². The normalized spacial score (nSPS) is 45.2. The zero-order chi connectivity index (χ0) is 18.9. The standard InChI is InChI=1S/C17H20FNO3.CH3NO2/c1-19-7-6-16-10-2-3-12(20)14(16)22-15-13(16)9(8-11(10)19)4-5-17(15,18)21;2-1(3)4/h2-4,10-12,14,20-21H,5-8H2,1H3;2H2,(H,3,4)/t10-,11+,12-,14-,16-,17?;/m0./s1. The second-order valence-corrected chi connectivity index (χ2v) is 7.72. The molecule has 8 heteroatoms. The van der Waals surface area contributed by atoms with Crippen LogP contribution in [-0.4, -0.2) is 64.0 Å². The number of nitrogens with two attached hydrogens (primary N) is 1. The summed E-state index contributed by atoms with van der Waals surface area (Å²) in [6.07, 6.45) is 4.76. The van der Waals surface area contributed by atoms with E-state index < -0.39 is 24.2 Å². The number of amides is 1. The number of halogens is 1. The van der Waals surface area contributed by atoms with Crippen molar-refractivity contribution in [3.05, 3.63) is 35.1 Å². The first-order valence-electron chi connectivity index (χ1n) is 8.76. The number of hydrogen-bond donors (Lipinski definition) is 4. The number of nitrogens with zero attached hydrogens (tertiary/aromatic N) is 1. The Labute approximate surface area is 150 Å². The number of likely N-dealkylation sites (tertiary alicyclic amines) is 1. The van der Waals surface area contributed by atoms with Gasteiger partial charge in [-0.05, 0) is 32.0 Å². The Balaban J connectivity index is 0.000000385. The smallest absolute Gasteiger partial charge is 0.402 e. The number of aliphatic hydroxyl groups excluding tert-OH is 1. The molecule has 1 amide bonds. The van der Waals surface area contributed by atoms with E-state index in [9.17, 15) is 14.6 Å². The summed E-state index contributed by atoms with van der Waals surface area (Å²) in [6.45, 7) is 0.899. The van der Waals surface area contributed by atoms with Gasteiger partial charge in [0, 0.05) is 29.4 Å². The molecule has 2 fully saturated rings. The highest BCUT2D eigenvalue weighted by atomic mass is 19.2. The summed E-state index contributed by atoms with van der Waals surface area (Å²) in [5.74, 6) is -2.16. The van der Waals surface area contributed by atoms with E-state index in [1.807, 2.05) is 6.08 Å². The van der Waals surface area contributed by atoms with Crippen LogP contribution in [0.4, 0.5) is 9.18 Å². The fraction of sp³-hybridized carbons (Fsp3) is 0.611. The zero-order valence-electron chi connectivity index (χ0n) is 14.4. The Morgan fingerprint density at radius 3 is 2.85 bits per heavy atom. The Hall–Kier alpha value is -1.90. The van der Waals surface area contributed by atoms with Crippen LogP contribution in [-0.2, 0) is 4.74 Å². The molecule has 2 heterocycles. The summed E-state index contributed by atoms with van der Waals surface area (Å²) in [4.78, 5) is 11.1. The number of ether oxygens (including phenoxy) is 1. The molecule has 5 aliphatic rings. The van der Waals surface area contributed by atoms with Crippen LogP contribution in [0.15, 0.2) is 35.1 Å². The Morgan fingerprint density at radius 2 is 2.15 bits per heavy atom. The van der Waals surface area contributed by atoms with Crippen molar-refractivity contribution >= 4 is 6.09 Å². The first kappa shape index (κ1) is 17.5. The van der Waals surface area contributed by atoms with E-state index >= 15 is 0 Å². The SMILES string of the molecule is CN1CC[C@]23C4=C5O[C@H]2[C@@H](O)C=C[C@H]3[C@H]1CC4=CCC5(O)F.NC(=O)O. The molecule has 2 aliphatic heterocycles. The summed E-state index contributed by atoms with van der Waals surface area (Å²) in [5, 5.41) is 27.8. The van der Waals surface area contributed by atoms with Crippen LogP contribution < -0.4 is 5.73 Å². The van der Waals surface area contributed by atoms with Gasteiger partial charge in [0.15, 0.2) is 5.76 Å². The summed E-state index contributed by atoms with van der Waals surface area (Å²) in [5.41, 5.74) is 5.60. The highest BCUT2D eigenvalue weighted by molar-refractivity contribution is 5.61. The van der Waals surface area contributed by atoms with Crippen LogP contribution in [0.3, 0.4) is 0 Å². The van der Waals surface area contributed by atoms with E-state index in [-0.39, 0.29) is 23.5 Å². The molecule has 2 bridgehead atoms. The highest BCUT2D eigenvalue weighted by Gasteiger charge is 2.67. The molecule has 3 aliphatic carbocycles. The fourth-order valence-electron chi connectivity index (χ4n) is 5.46. The molecule has 0 aromatic heterocycles. The summed E-state index contributed by atoms with van der Waals surface area (Å²) in [7, 11) is 2.13. The van der Waals surface area contributed by atoms with E-state index in [4.69, 9.17) is 14.6 Å². The number of piperidine rings is 1. The topological polar surface area (TPSA) is 116 Å². The van der Waals surface area contributed by atoms with Gasteiger partial charge >= 0.3 is 6.09 Å². The molecule has 1 saturated heterocycles. The van der Waals surface area contributed by atoms with Gasteiger partial charge < -0.3 is 30.7 Å². The number of primary amides is 1. The van der Waals surface area contributed by atoms with Crippen molar-refractivity contribution < 1.29 is 29.2 Å². The van der Waals surface area contributed by atoms with Crippen LogP contribution in [0.2, 0.25) is 0 Å². The van der Waals surface area contributed by atoms with Gasteiger partial charge in [-0.1, -0.05) is 18.2 Å². The molecule has 7 nitrogen and oxygen atoms in total. The molecule has 5 rings (SSSR count). The van der Waals surface area contributed by atoms with E-state index in [2.05, 4.69) is 23.8 Å². The van der Waals surface area contributed by atoms with Crippen molar-refractivity contribution in [1.82, 2.24) is 4.90 Å². The second kappa shape index (κ2) is 5.55. The van der Waals surface area contributed by atoms with Gasteiger partial charge in [-0.2, -0.15) is 0 Å². The number of aliphatic hydroxyl groups is 2. The third-order valence-electron chi connectivity index (χ3n) is 6.44. The van der Waals surface area contributed by atoms with Crippen LogP contribution in [0.5, 0.6) is 0 Å². The van der Waals surface area contributed by atoms with Gasteiger partial charge in [0.1, 0.15) is 12.2 Å². The lowest BCUT2D eigenvalue weighted by atomic mass is 9.51. The van der Waals surface area contributed by atoms with Crippen molar-refractivity contribution in [2.45, 2.75) is 43.4 Å². The predicted molar refractivity (Wildman–Crippen MR) is 89.6 cm³/mol. The molecule has 1 unspecified atom stereocenters. The third-order valence-corrected chi connectivity index (χ3v) is 6.44. The molecular weight excluding hydrogens is 343 g/mol. The van der Waals surface area contributed by atoms with Crippen LogP contribution in [0, 0.1) is 11.3 Å². The van der Waals surface area contributed by atoms with E-state index in [1.165, 1.54) is 0 Å². The maximum atomic E-state index is 14.6. The lowest BCUT2D eigenvalue weighted by molar-refractivity contribution is -0.129. The van der Waals surface area contributed by atoms with Gasteiger partial charge in [0.2, 0.25) is 0 Å². The van der Waals surface area contributed by atoms with Gasteiger partial charge in [-0.3, -0.25) is 0 Å². The van der Waals surface area contributed by atoms with E-state index in [0.717, 1.165) is 30.5 Å². The summed E-state index contributed by atoms with van der Waals surface area (Å²) >= 11 is 0. The van der Waals surface area contributed by atoms with E-state index in [0.29, 0.717) is 6.04 Å². The van der Waals surface area contributed by atoms with Crippen molar-refractivity contribution in [2.75, 3.05) is 13.6 Å². The fourth-order valence-corrected chi connectivity index (χ4v) is 5.46. The maximum absolute atomic E-state index is 14.6. The van der Waals surface area contributed by atoms with Crippen molar-refractivity contribution in [3.8, 4) is 0 Å². The first-order chi connectivity index (χ1) is 12.2. The van der Waals surface area contributed by atoms with Crippen LogP contribution in [0.1, 0.15) is 19.3 Å². The van der Waals surface area contributed by atoms with Gasteiger partial charge in [-0.15, -0.1) is 0 Å². The molecular formula is C18H23FN2O5.